The maximum absolute atomic E-state index is 13.7. The zero-order valence-electron chi connectivity index (χ0n) is 15.9. The molecule has 0 fully saturated rings. The maximum atomic E-state index is 13.7. The van der Waals surface area contributed by atoms with Crippen molar-refractivity contribution in [2.45, 2.75) is 13.0 Å². The molecule has 0 aliphatic heterocycles. The molecule has 0 aliphatic rings. The second kappa shape index (κ2) is 8.92. The first-order chi connectivity index (χ1) is 14.7. The number of halogens is 1. The third-order valence-electron chi connectivity index (χ3n) is 4.28. The Bertz CT molecular complexity index is 1230. The molecule has 31 heavy (non-hydrogen) atoms. The van der Waals surface area contributed by atoms with Gasteiger partial charge in [-0.2, -0.15) is 0 Å². The Labute approximate surface area is 176 Å². The van der Waals surface area contributed by atoms with Gasteiger partial charge in [0.2, 0.25) is 15.7 Å². The standard InChI is InChI=1S/C19H17FN4O6S/c20-14-6-7-15(13(11-14)10-12-4-2-1-3-5-12)22-31(29,30)9-8-24-17(19(27)28)16(18(25)26)21-23-24/h1-7,11,22H,8-10H2,(H,25,26)(H,27,28). The monoisotopic (exact) mass is 448 g/mol. The van der Waals surface area contributed by atoms with Gasteiger partial charge in [-0.1, -0.05) is 35.5 Å². The molecule has 0 atom stereocenters. The Hall–Kier alpha value is -3.80. The second-order valence-corrected chi connectivity index (χ2v) is 8.35. The molecule has 1 aromatic heterocycles. The van der Waals surface area contributed by atoms with Crippen LogP contribution < -0.4 is 4.72 Å². The highest BCUT2D eigenvalue weighted by atomic mass is 32.2. The normalized spacial score (nSPS) is 11.3. The van der Waals surface area contributed by atoms with Gasteiger partial charge in [-0.3, -0.25) is 4.72 Å². The molecule has 162 valence electrons. The summed E-state index contributed by atoms with van der Waals surface area (Å²) in [6.45, 7) is -0.452. The first-order valence-electron chi connectivity index (χ1n) is 8.89. The zero-order chi connectivity index (χ0) is 22.6. The minimum Gasteiger partial charge on any atom is -0.476 e. The molecule has 10 nitrogen and oxygen atoms in total. The van der Waals surface area contributed by atoms with Gasteiger partial charge in [0.25, 0.3) is 0 Å². The van der Waals surface area contributed by atoms with Crippen molar-refractivity contribution >= 4 is 27.6 Å². The van der Waals surface area contributed by atoms with Crippen LogP contribution in [-0.2, 0) is 23.0 Å². The molecule has 1 heterocycles. The number of hydrogen-bond acceptors (Lipinski definition) is 6. The Morgan fingerprint density at radius 2 is 1.77 bits per heavy atom. The number of anilines is 1. The number of carboxylic acids is 2. The lowest BCUT2D eigenvalue weighted by Gasteiger charge is -2.13. The highest BCUT2D eigenvalue weighted by molar-refractivity contribution is 7.92. The molecule has 0 saturated heterocycles. The quantitative estimate of drug-likeness (QED) is 0.449. The molecular formula is C19H17FN4O6S. The van der Waals surface area contributed by atoms with Gasteiger partial charge in [-0.15, -0.1) is 5.10 Å². The van der Waals surface area contributed by atoms with Gasteiger partial charge in [0, 0.05) is 0 Å². The van der Waals surface area contributed by atoms with Crippen LogP contribution in [0.25, 0.3) is 0 Å². The fourth-order valence-electron chi connectivity index (χ4n) is 2.87. The summed E-state index contributed by atoms with van der Waals surface area (Å²) in [6, 6.07) is 12.7. The van der Waals surface area contributed by atoms with Gasteiger partial charge in [-0.25, -0.2) is 27.1 Å². The molecule has 3 N–H and O–H groups in total. The smallest absolute Gasteiger partial charge is 0.359 e. The number of nitrogens with zero attached hydrogens (tertiary/aromatic N) is 3. The molecular weight excluding hydrogens is 431 g/mol. The molecule has 0 saturated carbocycles. The number of nitrogens with one attached hydrogen (secondary N) is 1. The van der Waals surface area contributed by atoms with Gasteiger partial charge in [0.1, 0.15) is 5.82 Å². The summed E-state index contributed by atoms with van der Waals surface area (Å²) in [5, 5.41) is 24.9. The minimum absolute atomic E-state index is 0.175. The van der Waals surface area contributed by atoms with E-state index >= 15 is 0 Å². The summed E-state index contributed by atoms with van der Waals surface area (Å²) in [4.78, 5) is 22.4. The van der Waals surface area contributed by atoms with Gasteiger partial charge in [0.05, 0.1) is 18.0 Å². The molecule has 3 rings (SSSR count). The third-order valence-corrected chi connectivity index (χ3v) is 5.53. The highest BCUT2D eigenvalue weighted by Crippen LogP contribution is 2.22. The van der Waals surface area contributed by atoms with Crippen LogP contribution in [0.15, 0.2) is 48.5 Å². The van der Waals surface area contributed by atoms with Crippen LogP contribution in [0.2, 0.25) is 0 Å². The van der Waals surface area contributed by atoms with Gasteiger partial charge < -0.3 is 10.2 Å². The number of carbonyl (C=O) groups is 2. The fraction of sp³-hybridized carbons (Fsp3) is 0.158. The molecule has 0 amide bonds. The predicted molar refractivity (Wildman–Crippen MR) is 107 cm³/mol. The average Bonchev–Trinajstić information content (AvgIpc) is 3.14. The molecule has 0 aliphatic carbocycles. The van der Waals surface area contributed by atoms with Crippen molar-refractivity contribution in [3.63, 3.8) is 0 Å². The third kappa shape index (κ3) is 5.42. The summed E-state index contributed by atoms with van der Waals surface area (Å²) in [5.41, 5.74) is -0.0808. The van der Waals surface area contributed by atoms with Crippen LogP contribution in [0.1, 0.15) is 32.1 Å². The number of sulfonamides is 1. The van der Waals surface area contributed by atoms with E-state index in [2.05, 4.69) is 15.0 Å². The Kier molecular flexibility index (Phi) is 6.30. The van der Waals surface area contributed by atoms with Crippen molar-refractivity contribution in [1.29, 1.82) is 0 Å². The predicted octanol–water partition coefficient (Wildman–Crippen LogP) is 1.85. The minimum atomic E-state index is -4.02. The zero-order valence-corrected chi connectivity index (χ0v) is 16.7. The first kappa shape index (κ1) is 21.9. The van der Waals surface area contributed by atoms with Crippen LogP contribution in [0.5, 0.6) is 0 Å². The largest absolute Gasteiger partial charge is 0.476 e. The maximum Gasteiger partial charge on any atom is 0.359 e. The van der Waals surface area contributed by atoms with Crippen LogP contribution in [-0.4, -0.2) is 51.3 Å². The summed E-state index contributed by atoms with van der Waals surface area (Å²) in [6.07, 6.45) is 0.282. The van der Waals surface area contributed by atoms with Gasteiger partial charge in [0.15, 0.2) is 5.69 Å². The summed E-state index contributed by atoms with van der Waals surface area (Å²) in [5.74, 6) is -4.33. The molecule has 0 spiro atoms. The van der Waals surface area contributed by atoms with Crippen molar-refractivity contribution in [2.75, 3.05) is 10.5 Å². The topological polar surface area (TPSA) is 151 Å². The number of aryl methyl sites for hydroxylation is 1. The van der Waals surface area contributed by atoms with E-state index in [1.54, 1.807) is 0 Å². The number of carboxylic acid groups (broad SMARTS) is 2. The van der Waals surface area contributed by atoms with Crippen molar-refractivity contribution < 1.29 is 32.6 Å². The van der Waals surface area contributed by atoms with E-state index in [9.17, 15) is 27.5 Å². The van der Waals surface area contributed by atoms with E-state index in [0.717, 1.165) is 11.6 Å². The molecule has 0 bridgehead atoms. The number of aromatic carboxylic acids is 2. The molecule has 3 aromatic rings. The van der Waals surface area contributed by atoms with E-state index in [4.69, 9.17) is 5.11 Å². The Morgan fingerprint density at radius 3 is 2.42 bits per heavy atom. The van der Waals surface area contributed by atoms with Crippen molar-refractivity contribution in [2.24, 2.45) is 0 Å². The summed E-state index contributed by atoms with van der Waals surface area (Å²) < 4.78 is 41.9. The van der Waals surface area contributed by atoms with Crippen molar-refractivity contribution in [3.05, 3.63) is 76.9 Å². The first-order valence-corrected chi connectivity index (χ1v) is 10.5. The van der Waals surface area contributed by atoms with E-state index < -0.39 is 51.5 Å². The van der Waals surface area contributed by atoms with Gasteiger partial charge >= 0.3 is 11.9 Å². The molecule has 12 heteroatoms. The SMILES string of the molecule is O=C(O)c1nnn(CCS(=O)(=O)Nc2ccc(F)cc2Cc2ccccc2)c1C(=O)O. The Balaban J connectivity index is 1.79. The van der Waals surface area contributed by atoms with Crippen LogP contribution in [0.3, 0.4) is 0 Å². The average molecular weight is 448 g/mol. The van der Waals surface area contributed by atoms with E-state index in [1.807, 2.05) is 30.3 Å². The number of benzene rings is 2. The summed E-state index contributed by atoms with van der Waals surface area (Å²) in [7, 11) is -4.02. The van der Waals surface area contributed by atoms with Crippen molar-refractivity contribution in [1.82, 2.24) is 15.0 Å². The van der Waals surface area contributed by atoms with E-state index in [1.165, 1.54) is 12.1 Å². The number of rotatable bonds is 9. The Morgan fingerprint density at radius 1 is 1.06 bits per heavy atom. The van der Waals surface area contributed by atoms with Crippen LogP contribution in [0, 0.1) is 5.82 Å². The summed E-state index contributed by atoms with van der Waals surface area (Å²) >= 11 is 0. The lowest BCUT2D eigenvalue weighted by molar-refractivity contribution is 0.0640. The van der Waals surface area contributed by atoms with Crippen LogP contribution in [0.4, 0.5) is 10.1 Å². The highest BCUT2D eigenvalue weighted by Gasteiger charge is 2.25. The number of hydrogen-bond donors (Lipinski definition) is 3. The van der Waals surface area contributed by atoms with E-state index in [-0.39, 0.29) is 12.1 Å². The molecule has 0 radical (unpaired) electrons. The fourth-order valence-corrected chi connectivity index (χ4v) is 3.92. The van der Waals surface area contributed by atoms with Crippen molar-refractivity contribution in [3.8, 4) is 0 Å². The second-order valence-electron chi connectivity index (χ2n) is 6.50. The van der Waals surface area contributed by atoms with Crippen LogP contribution >= 0.6 is 0 Å². The lowest BCUT2D eigenvalue weighted by Crippen LogP contribution is -2.23. The number of aromatic nitrogens is 3. The molecule has 0 unspecified atom stereocenters. The van der Waals surface area contributed by atoms with E-state index in [0.29, 0.717) is 10.2 Å². The lowest BCUT2D eigenvalue weighted by atomic mass is 10.0. The van der Waals surface area contributed by atoms with Gasteiger partial charge in [-0.05, 0) is 35.7 Å². The molecule has 2 aromatic carbocycles.